The first-order chi connectivity index (χ1) is 13.5. The highest BCUT2D eigenvalue weighted by Gasteiger charge is 2.34. The number of carbonyl (C=O) groups excluding carboxylic acids is 1. The first-order valence-corrected chi connectivity index (χ1v) is 10.8. The Morgan fingerprint density at radius 3 is 2.89 bits per heavy atom. The van der Waals surface area contributed by atoms with Gasteiger partial charge in [-0.25, -0.2) is 0 Å². The van der Waals surface area contributed by atoms with E-state index >= 15 is 0 Å². The molecule has 1 aliphatic carbocycles. The molecule has 0 fully saturated rings. The van der Waals surface area contributed by atoms with Crippen LogP contribution >= 0.6 is 22.9 Å². The molecule has 6 heteroatoms. The normalized spacial score (nSPS) is 20.9. The number of anilines is 1. The largest absolute Gasteiger partial charge is 0.457 e. The fourth-order valence-corrected chi connectivity index (χ4v) is 5.63. The van der Waals surface area contributed by atoms with Crippen molar-refractivity contribution in [3.05, 3.63) is 62.7 Å². The molecule has 2 aromatic heterocycles. The van der Waals surface area contributed by atoms with Crippen molar-refractivity contribution in [2.24, 2.45) is 5.92 Å². The molecule has 1 aromatic carbocycles. The maximum absolute atomic E-state index is 12.8. The van der Waals surface area contributed by atoms with Crippen molar-refractivity contribution in [2.45, 2.75) is 39.3 Å². The van der Waals surface area contributed by atoms with Gasteiger partial charge in [0, 0.05) is 15.5 Å². The summed E-state index contributed by atoms with van der Waals surface area (Å²) in [6.45, 7) is 4.25. The summed E-state index contributed by atoms with van der Waals surface area (Å²) < 4.78 is 6.06. The van der Waals surface area contributed by atoms with Gasteiger partial charge in [-0.3, -0.25) is 4.79 Å². The van der Waals surface area contributed by atoms with Gasteiger partial charge in [0.2, 0.25) is 0 Å². The predicted octanol–water partition coefficient (Wildman–Crippen LogP) is 5.95. The lowest BCUT2D eigenvalue weighted by Gasteiger charge is -2.25. The molecule has 28 heavy (non-hydrogen) atoms. The fourth-order valence-electron chi connectivity index (χ4n) is 4.01. The summed E-state index contributed by atoms with van der Waals surface area (Å²) in [5.41, 5.74) is 4.02. The molecule has 2 atom stereocenters. The van der Waals surface area contributed by atoms with Crippen molar-refractivity contribution in [1.82, 2.24) is 5.32 Å². The lowest BCUT2D eigenvalue weighted by Crippen LogP contribution is -2.38. The van der Waals surface area contributed by atoms with Crippen molar-refractivity contribution in [1.29, 1.82) is 0 Å². The van der Waals surface area contributed by atoms with E-state index in [0.29, 0.717) is 16.7 Å². The van der Waals surface area contributed by atoms with E-state index in [9.17, 15) is 4.79 Å². The third-order valence-electron chi connectivity index (χ3n) is 5.66. The second kappa shape index (κ2) is 6.68. The highest BCUT2D eigenvalue weighted by atomic mass is 35.5. The van der Waals surface area contributed by atoms with E-state index in [0.717, 1.165) is 46.7 Å². The Morgan fingerprint density at radius 1 is 1.21 bits per heavy atom. The van der Waals surface area contributed by atoms with E-state index in [2.05, 4.69) is 17.6 Å². The summed E-state index contributed by atoms with van der Waals surface area (Å²) >= 11 is 7.96. The summed E-state index contributed by atoms with van der Waals surface area (Å²) in [6.07, 6.45) is 2.83. The lowest BCUT2D eigenvalue weighted by atomic mass is 9.88. The highest BCUT2D eigenvalue weighted by Crippen LogP contribution is 2.43. The molecule has 3 aromatic rings. The monoisotopic (exact) mass is 412 g/mol. The average molecular weight is 413 g/mol. The maximum atomic E-state index is 12.8. The Labute approximate surface area is 172 Å². The van der Waals surface area contributed by atoms with Crippen molar-refractivity contribution in [3.63, 3.8) is 0 Å². The maximum Gasteiger partial charge on any atom is 0.256 e. The zero-order valence-corrected chi connectivity index (χ0v) is 17.3. The number of benzene rings is 1. The number of halogens is 1. The van der Waals surface area contributed by atoms with Gasteiger partial charge in [0.15, 0.2) is 6.17 Å². The van der Waals surface area contributed by atoms with Crippen LogP contribution in [0.25, 0.3) is 11.3 Å². The number of carbonyl (C=O) groups is 1. The van der Waals surface area contributed by atoms with Crippen LogP contribution < -0.4 is 10.6 Å². The van der Waals surface area contributed by atoms with E-state index in [4.69, 9.17) is 16.0 Å². The van der Waals surface area contributed by atoms with E-state index in [1.165, 1.54) is 10.4 Å². The Morgan fingerprint density at radius 2 is 2.07 bits per heavy atom. The van der Waals surface area contributed by atoms with Crippen LogP contribution in [0.15, 0.2) is 34.7 Å². The first-order valence-electron chi connectivity index (χ1n) is 9.58. The van der Waals surface area contributed by atoms with Crippen LogP contribution in [0.4, 0.5) is 5.00 Å². The summed E-state index contributed by atoms with van der Waals surface area (Å²) in [7, 11) is 0. The van der Waals surface area contributed by atoms with Crippen molar-refractivity contribution in [3.8, 4) is 11.3 Å². The molecule has 4 nitrogen and oxygen atoms in total. The number of hydrogen-bond donors (Lipinski definition) is 2. The molecule has 144 valence electrons. The second-order valence-corrected chi connectivity index (χ2v) is 9.29. The Hall–Kier alpha value is -2.24. The van der Waals surface area contributed by atoms with Gasteiger partial charge in [-0.2, -0.15) is 0 Å². The summed E-state index contributed by atoms with van der Waals surface area (Å²) in [4.78, 5) is 14.2. The number of nitrogens with one attached hydrogen (secondary N) is 2. The standard InChI is InChI=1S/C22H21ClN2O2S/c1-11-3-6-14-18(9-11)28-22-19(14)21(26)24-20(25-22)17-8-7-16(27-17)13-5-4-12(2)15(23)10-13/h4-5,7-8,10-11,20,25H,3,6,9H2,1-2H3,(H,24,26)/t11-,20-/m0/s1. The SMILES string of the molecule is Cc1ccc(-c2ccc([C@H]3NC(=O)c4c(sc5c4CC[C@H](C)C5)N3)o2)cc1Cl. The molecule has 5 rings (SSSR count). The average Bonchev–Trinajstić information content (AvgIpc) is 3.28. The molecule has 2 N–H and O–H groups in total. The molecular formula is C22H21ClN2O2S. The third-order valence-corrected chi connectivity index (χ3v) is 7.25. The Kier molecular flexibility index (Phi) is 4.25. The molecular weight excluding hydrogens is 392 g/mol. The fraction of sp³-hybridized carbons (Fsp3) is 0.318. The molecule has 0 bridgehead atoms. The first kappa shape index (κ1) is 17.8. The smallest absolute Gasteiger partial charge is 0.256 e. The molecule has 0 spiro atoms. The molecule has 1 amide bonds. The highest BCUT2D eigenvalue weighted by molar-refractivity contribution is 7.16. The van der Waals surface area contributed by atoms with Gasteiger partial charge in [0.05, 0.1) is 5.56 Å². The van der Waals surface area contributed by atoms with Crippen LogP contribution in [0.1, 0.15) is 51.6 Å². The van der Waals surface area contributed by atoms with Crippen LogP contribution in [0.5, 0.6) is 0 Å². The van der Waals surface area contributed by atoms with E-state index in [-0.39, 0.29) is 12.1 Å². The number of amides is 1. The predicted molar refractivity (Wildman–Crippen MR) is 113 cm³/mol. The summed E-state index contributed by atoms with van der Waals surface area (Å²) in [6, 6.07) is 9.69. The molecule has 0 unspecified atom stereocenters. The molecule has 0 saturated heterocycles. The number of fused-ring (bicyclic) bond motifs is 3. The van der Waals surface area contributed by atoms with Crippen LogP contribution in [-0.2, 0) is 12.8 Å². The van der Waals surface area contributed by atoms with Crippen LogP contribution in [-0.4, -0.2) is 5.91 Å². The second-order valence-electron chi connectivity index (χ2n) is 7.77. The number of thiophene rings is 1. The third kappa shape index (κ3) is 2.93. The molecule has 2 aliphatic rings. The van der Waals surface area contributed by atoms with Crippen LogP contribution in [0.3, 0.4) is 0 Å². The molecule has 0 radical (unpaired) electrons. The molecule has 3 heterocycles. The minimum atomic E-state index is -0.368. The van der Waals surface area contributed by atoms with Crippen molar-refractivity contribution < 1.29 is 9.21 Å². The quantitative estimate of drug-likeness (QED) is 0.546. The summed E-state index contributed by atoms with van der Waals surface area (Å²) in [5, 5.41) is 8.20. The molecule has 0 saturated carbocycles. The van der Waals surface area contributed by atoms with Crippen LogP contribution in [0.2, 0.25) is 5.02 Å². The number of hydrogen-bond acceptors (Lipinski definition) is 4. The minimum Gasteiger partial charge on any atom is -0.457 e. The zero-order valence-electron chi connectivity index (χ0n) is 15.8. The van der Waals surface area contributed by atoms with Gasteiger partial charge in [-0.15, -0.1) is 11.3 Å². The van der Waals surface area contributed by atoms with Gasteiger partial charge < -0.3 is 15.1 Å². The van der Waals surface area contributed by atoms with Crippen molar-refractivity contribution >= 4 is 33.8 Å². The lowest BCUT2D eigenvalue weighted by molar-refractivity contribution is 0.0930. The van der Waals surface area contributed by atoms with Gasteiger partial charge in [-0.05, 0) is 61.4 Å². The van der Waals surface area contributed by atoms with Crippen LogP contribution in [0, 0.1) is 12.8 Å². The minimum absolute atomic E-state index is 0.0119. The van der Waals surface area contributed by atoms with Crippen molar-refractivity contribution in [2.75, 3.05) is 5.32 Å². The Balaban J connectivity index is 1.44. The topological polar surface area (TPSA) is 54.3 Å². The Bertz CT molecular complexity index is 1080. The van der Waals surface area contributed by atoms with Gasteiger partial charge in [0.1, 0.15) is 16.5 Å². The van der Waals surface area contributed by atoms with E-state index < -0.39 is 0 Å². The van der Waals surface area contributed by atoms with E-state index in [1.807, 2.05) is 37.3 Å². The van der Waals surface area contributed by atoms with Gasteiger partial charge >= 0.3 is 0 Å². The number of rotatable bonds is 2. The molecule has 1 aliphatic heterocycles. The zero-order chi connectivity index (χ0) is 19.4. The summed E-state index contributed by atoms with van der Waals surface area (Å²) in [5.74, 6) is 2.09. The van der Waals surface area contributed by atoms with E-state index in [1.54, 1.807) is 11.3 Å². The number of aryl methyl sites for hydroxylation is 1. The number of furan rings is 1. The van der Waals surface area contributed by atoms with Gasteiger partial charge in [-0.1, -0.05) is 30.7 Å². The van der Waals surface area contributed by atoms with Gasteiger partial charge in [0.25, 0.3) is 5.91 Å².